The summed E-state index contributed by atoms with van der Waals surface area (Å²) in [5.74, 6) is 0.217. The normalized spacial score (nSPS) is 11.1. The van der Waals surface area contributed by atoms with Crippen molar-refractivity contribution in [1.82, 2.24) is 14.5 Å². The average Bonchev–Trinajstić information content (AvgIpc) is 2.71. The number of aryl methyl sites for hydroxylation is 3. The molecule has 3 aromatic rings. The Bertz CT molecular complexity index is 764. The van der Waals surface area contributed by atoms with E-state index in [1.807, 2.05) is 23.6 Å². The van der Waals surface area contributed by atoms with Crippen molar-refractivity contribution >= 4 is 17.1 Å². The molecule has 5 heteroatoms. The first-order valence-electron chi connectivity index (χ1n) is 6.46. The second kappa shape index (κ2) is 4.92. The van der Waals surface area contributed by atoms with Crippen LogP contribution >= 0.6 is 0 Å². The second-order valence-electron chi connectivity index (χ2n) is 4.86. The van der Waals surface area contributed by atoms with Crippen molar-refractivity contribution in [2.45, 2.75) is 19.9 Å². The molecule has 102 valence electrons. The van der Waals surface area contributed by atoms with E-state index in [1.165, 1.54) is 12.1 Å². The molecular weight excluding hydrogens is 255 g/mol. The maximum Gasteiger partial charge on any atom is 0.202 e. The zero-order valence-corrected chi connectivity index (χ0v) is 11.2. The molecule has 0 atom stereocenters. The van der Waals surface area contributed by atoms with E-state index >= 15 is 0 Å². The van der Waals surface area contributed by atoms with E-state index in [0.29, 0.717) is 18.9 Å². The van der Waals surface area contributed by atoms with Gasteiger partial charge in [0, 0.05) is 12.7 Å². The van der Waals surface area contributed by atoms with Gasteiger partial charge in [0.05, 0.1) is 0 Å². The summed E-state index contributed by atoms with van der Waals surface area (Å²) in [7, 11) is 0. The topological polar surface area (TPSA) is 56.7 Å². The molecule has 0 aliphatic rings. The van der Waals surface area contributed by atoms with E-state index in [0.717, 1.165) is 22.3 Å². The van der Waals surface area contributed by atoms with Crippen LogP contribution in [0, 0.1) is 12.7 Å². The third kappa shape index (κ3) is 2.34. The first-order valence-corrected chi connectivity index (χ1v) is 6.46. The van der Waals surface area contributed by atoms with E-state index < -0.39 is 0 Å². The summed E-state index contributed by atoms with van der Waals surface area (Å²) >= 11 is 0. The predicted octanol–water partition coefficient (Wildman–Crippen LogP) is 2.70. The number of pyridine rings is 1. The van der Waals surface area contributed by atoms with Crippen molar-refractivity contribution in [3.63, 3.8) is 0 Å². The minimum Gasteiger partial charge on any atom is -0.369 e. The van der Waals surface area contributed by atoms with Gasteiger partial charge in [-0.25, -0.2) is 14.4 Å². The fraction of sp³-hybridized carbons (Fsp3) is 0.200. The van der Waals surface area contributed by atoms with Gasteiger partial charge in [-0.05, 0) is 42.7 Å². The smallest absolute Gasteiger partial charge is 0.202 e. The van der Waals surface area contributed by atoms with Crippen LogP contribution in [0.4, 0.5) is 10.3 Å². The summed E-state index contributed by atoms with van der Waals surface area (Å²) in [6.07, 6.45) is 2.48. The molecule has 20 heavy (non-hydrogen) atoms. The lowest BCUT2D eigenvalue weighted by Crippen LogP contribution is -2.06. The van der Waals surface area contributed by atoms with Gasteiger partial charge in [0.2, 0.25) is 5.95 Å². The van der Waals surface area contributed by atoms with Crippen LogP contribution < -0.4 is 5.73 Å². The predicted molar refractivity (Wildman–Crippen MR) is 76.8 cm³/mol. The molecule has 0 bridgehead atoms. The Labute approximate surface area is 116 Å². The third-order valence-electron chi connectivity index (χ3n) is 3.26. The van der Waals surface area contributed by atoms with Gasteiger partial charge in [-0.15, -0.1) is 0 Å². The van der Waals surface area contributed by atoms with E-state index in [4.69, 9.17) is 5.73 Å². The maximum absolute atomic E-state index is 13.2. The largest absolute Gasteiger partial charge is 0.369 e. The third-order valence-corrected chi connectivity index (χ3v) is 3.26. The number of anilines is 1. The molecular formula is C15H15FN4. The summed E-state index contributed by atoms with van der Waals surface area (Å²) in [4.78, 5) is 8.69. The van der Waals surface area contributed by atoms with E-state index in [-0.39, 0.29) is 5.82 Å². The standard InChI is InChI=1S/C15H15FN4/c1-10-7-13-14(18-9-10)20(15(17)19-13)6-5-11-3-2-4-12(16)8-11/h2-4,7-9H,5-6H2,1H3,(H2,17,19). The van der Waals surface area contributed by atoms with Gasteiger partial charge in [0.15, 0.2) is 5.65 Å². The van der Waals surface area contributed by atoms with Crippen molar-refractivity contribution in [2.24, 2.45) is 0 Å². The van der Waals surface area contributed by atoms with Crippen LogP contribution in [0.3, 0.4) is 0 Å². The molecule has 0 fully saturated rings. The Morgan fingerprint density at radius 1 is 1.30 bits per heavy atom. The number of fused-ring (bicyclic) bond motifs is 1. The maximum atomic E-state index is 13.2. The zero-order chi connectivity index (χ0) is 14.1. The van der Waals surface area contributed by atoms with Gasteiger partial charge in [0.25, 0.3) is 0 Å². The van der Waals surface area contributed by atoms with Gasteiger partial charge in [0.1, 0.15) is 11.3 Å². The summed E-state index contributed by atoms with van der Waals surface area (Å²) in [6.45, 7) is 2.59. The number of nitrogens with zero attached hydrogens (tertiary/aromatic N) is 3. The lowest BCUT2D eigenvalue weighted by atomic mass is 10.1. The minimum absolute atomic E-state index is 0.222. The van der Waals surface area contributed by atoms with Crippen LogP contribution in [0.15, 0.2) is 36.5 Å². The molecule has 1 aromatic carbocycles. The van der Waals surface area contributed by atoms with E-state index in [9.17, 15) is 4.39 Å². The Kier molecular flexibility index (Phi) is 3.10. The van der Waals surface area contributed by atoms with Gasteiger partial charge in [-0.1, -0.05) is 12.1 Å². The van der Waals surface area contributed by atoms with Gasteiger partial charge in [-0.2, -0.15) is 0 Å². The lowest BCUT2D eigenvalue weighted by molar-refractivity contribution is 0.622. The highest BCUT2D eigenvalue weighted by Crippen LogP contribution is 2.17. The second-order valence-corrected chi connectivity index (χ2v) is 4.86. The summed E-state index contributed by atoms with van der Waals surface area (Å²) in [6, 6.07) is 8.54. The van der Waals surface area contributed by atoms with Crippen LogP contribution in [0.2, 0.25) is 0 Å². The number of imidazole rings is 1. The molecule has 0 saturated heterocycles. The van der Waals surface area contributed by atoms with Crippen LogP contribution in [0.1, 0.15) is 11.1 Å². The molecule has 2 aromatic heterocycles. The molecule has 0 aliphatic carbocycles. The van der Waals surface area contributed by atoms with Crippen molar-refractivity contribution in [1.29, 1.82) is 0 Å². The number of nitrogens with two attached hydrogens (primary N) is 1. The summed E-state index contributed by atoms with van der Waals surface area (Å²) in [5.41, 5.74) is 9.47. The number of hydrogen-bond donors (Lipinski definition) is 1. The highest BCUT2D eigenvalue weighted by Gasteiger charge is 2.09. The molecule has 0 amide bonds. The zero-order valence-electron chi connectivity index (χ0n) is 11.2. The first kappa shape index (κ1) is 12.6. The van der Waals surface area contributed by atoms with E-state index in [2.05, 4.69) is 9.97 Å². The highest BCUT2D eigenvalue weighted by atomic mass is 19.1. The first-order chi connectivity index (χ1) is 9.63. The molecule has 0 saturated carbocycles. The van der Waals surface area contributed by atoms with Crippen molar-refractivity contribution in [2.75, 3.05) is 5.73 Å². The molecule has 3 rings (SSSR count). The Morgan fingerprint density at radius 2 is 2.15 bits per heavy atom. The van der Waals surface area contributed by atoms with Crippen LogP contribution in [-0.4, -0.2) is 14.5 Å². The number of rotatable bonds is 3. The molecule has 0 spiro atoms. The highest BCUT2D eigenvalue weighted by molar-refractivity contribution is 5.74. The number of nitrogen functional groups attached to an aromatic ring is 1. The monoisotopic (exact) mass is 270 g/mol. The van der Waals surface area contributed by atoms with Gasteiger partial charge >= 0.3 is 0 Å². The molecule has 0 unspecified atom stereocenters. The molecule has 0 aliphatic heterocycles. The van der Waals surface area contributed by atoms with Gasteiger partial charge in [-0.3, -0.25) is 4.57 Å². The Morgan fingerprint density at radius 3 is 2.95 bits per heavy atom. The summed E-state index contributed by atoms with van der Waals surface area (Å²) < 4.78 is 15.0. The van der Waals surface area contributed by atoms with Crippen LogP contribution in [-0.2, 0) is 13.0 Å². The summed E-state index contributed by atoms with van der Waals surface area (Å²) in [5, 5.41) is 0. The lowest BCUT2D eigenvalue weighted by Gasteiger charge is -2.06. The van der Waals surface area contributed by atoms with Crippen LogP contribution in [0.5, 0.6) is 0 Å². The fourth-order valence-corrected chi connectivity index (χ4v) is 2.28. The fourth-order valence-electron chi connectivity index (χ4n) is 2.28. The van der Waals surface area contributed by atoms with Crippen molar-refractivity contribution < 1.29 is 4.39 Å². The molecule has 2 N–H and O–H groups in total. The number of halogens is 1. The number of aromatic nitrogens is 3. The Hall–Kier alpha value is -2.43. The van der Waals surface area contributed by atoms with Crippen molar-refractivity contribution in [3.05, 3.63) is 53.5 Å². The quantitative estimate of drug-likeness (QED) is 0.796. The number of benzene rings is 1. The van der Waals surface area contributed by atoms with E-state index in [1.54, 1.807) is 12.3 Å². The van der Waals surface area contributed by atoms with Gasteiger partial charge < -0.3 is 5.73 Å². The SMILES string of the molecule is Cc1cnc2c(c1)nc(N)n2CCc1cccc(F)c1. The average molecular weight is 270 g/mol. The molecule has 4 nitrogen and oxygen atoms in total. The minimum atomic E-state index is -0.222. The van der Waals surface area contributed by atoms with Crippen molar-refractivity contribution in [3.8, 4) is 0 Å². The molecule has 2 heterocycles. The Balaban J connectivity index is 1.89. The molecule has 0 radical (unpaired) electrons. The van der Waals surface area contributed by atoms with Crippen LogP contribution in [0.25, 0.3) is 11.2 Å². The number of hydrogen-bond acceptors (Lipinski definition) is 3.